The zero-order chi connectivity index (χ0) is 11.9. The number of pyridine rings is 1. The van der Waals surface area contributed by atoms with Crippen LogP contribution < -0.4 is 10.0 Å². The summed E-state index contributed by atoms with van der Waals surface area (Å²) in [6.45, 7) is 1.05. The van der Waals surface area contributed by atoms with Crippen molar-refractivity contribution >= 4 is 10.0 Å². The first-order chi connectivity index (χ1) is 7.64. The monoisotopic (exact) mass is 243 g/mol. The predicted molar refractivity (Wildman–Crippen MR) is 63.7 cm³/mol. The molecule has 0 bridgehead atoms. The maximum Gasteiger partial charge on any atom is 0.212 e. The molecule has 1 rings (SSSR count). The van der Waals surface area contributed by atoms with E-state index in [2.05, 4.69) is 15.0 Å². The summed E-state index contributed by atoms with van der Waals surface area (Å²) in [7, 11) is -1.40. The molecule has 1 heterocycles. The molecule has 0 amide bonds. The van der Waals surface area contributed by atoms with E-state index in [1.165, 1.54) is 0 Å². The molecule has 1 aromatic heterocycles. The van der Waals surface area contributed by atoms with Crippen molar-refractivity contribution in [3.05, 3.63) is 30.1 Å². The molecule has 0 aromatic carbocycles. The molecule has 2 N–H and O–H groups in total. The van der Waals surface area contributed by atoms with E-state index >= 15 is 0 Å². The van der Waals surface area contributed by atoms with Gasteiger partial charge in [-0.05, 0) is 19.2 Å². The fraction of sp³-hybridized carbons (Fsp3) is 0.500. The molecular formula is C10H17N3O2S. The van der Waals surface area contributed by atoms with Gasteiger partial charge in [-0.15, -0.1) is 0 Å². The van der Waals surface area contributed by atoms with E-state index in [9.17, 15) is 8.42 Å². The Bertz CT molecular complexity index is 392. The number of aromatic nitrogens is 1. The smallest absolute Gasteiger partial charge is 0.212 e. The molecule has 0 aliphatic rings. The topological polar surface area (TPSA) is 71.1 Å². The molecular weight excluding hydrogens is 226 g/mol. The van der Waals surface area contributed by atoms with E-state index in [0.29, 0.717) is 19.5 Å². The van der Waals surface area contributed by atoms with E-state index in [-0.39, 0.29) is 5.75 Å². The number of hydrogen-bond acceptors (Lipinski definition) is 4. The Morgan fingerprint density at radius 3 is 2.75 bits per heavy atom. The lowest BCUT2D eigenvalue weighted by Gasteiger charge is -2.05. The molecule has 0 saturated heterocycles. The number of nitrogens with one attached hydrogen (secondary N) is 2. The van der Waals surface area contributed by atoms with Crippen LogP contribution in [0.15, 0.2) is 24.4 Å². The summed E-state index contributed by atoms with van der Waals surface area (Å²) in [6.07, 6.45) is 2.10. The van der Waals surface area contributed by atoms with Crippen LogP contribution in [0, 0.1) is 0 Å². The Hall–Kier alpha value is -0.980. The molecule has 90 valence electrons. The SMILES string of the molecule is CNCCNS(=O)(=O)CCc1ccccn1. The van der Waals surface area contributed by atoms with Crippen LogP contribution in [-0.4, -0.2) is 39.3 Å². The maximum atomic E-state index is 11.5. The predicted octanol–water partition coefficient (Wildman–Crippen LogP) is -0.237. The van der Waals surface area contributed by atoms with Gasteiger partial charge in [-0.25, -0.2) is 13.1 Å². The van der Waals surface area contributed by atoms with Gasteiger partial charge in [-0.3, -0.25) is 4.98 Å². The van der Waals surface area contributed by atoms with Crippen LogP contribution in [0.5, 0.6) is 0 Å². The fourth-order valence-corrected chi connectivity index (χ4v) is 2.22. The molecule has 0 aliphatic heterocycles. The van der Waals surface area contributed by atoms with Crippen molar-refractivity contribution in [2.24, 2.45) is 0 Å². The number of aryl methyl sites for hydroxylation is 1. The van der Waals surface area contributed by atoms with Gasteiger partial charge in [0.15, 0.2) is 0 Å². The number of rotatable bonds is 7. The van der Waals surface area contributed by atoms with Gasteiger partial charge in [0.1, 0.15) is 0 Å². The second-order valence-corrected chi connectivity index (χ2v) is 5.31. The average Bonchev–Trinajstić information content (AvgIpc) is 2.28. The third kappa shape index (κ3) is 5.20. The first-order valence-corrected chi connectivity index (χ1v) is 6.81. The highest BCUT2D eigenvalue weighted by atomic mass is 32.2. The van der Waals surface area contributed by atoms with Gasteiger partial charge < -0.3 is 5.32 Å². The molecule has 0 fully saturated rings. The number of likely N-dealkylation sites (N-methyl/N-ethyl adjacent to an activating group) is 1. The number of hydrogen-bond donors (Lipinski definition) is 2. The van der Waals surface area contributed by atoms with Gasteiger partial charge >= 0.3 is 0 Å². The highest BCUT2D eigenvalue weighted by Crippen LogP contribution is 1.97. The van der Waals surface area contributed by atoms with Gasteiger partial charge in [-0.1, -0.05) is 6.07 Å². The Kier molecular flexibility index (Phi) is 5.37. The summed E-state index contributed by atoms with van der Waals surface area (Å²) in [4.78, 5) is 4.07. The molecule has 0 saturated carbocycles. The van der Waals surface area contributed by atoms with Gasteiger partial charge in [0.2, 0.25) is 10.0 Å². The second kappa shape index (κ2) is 6.57. The Balaban J connectivity index is 2.36. The Morgan fingerprint density at radius 2 is 2.12 bits per heavy atom. The first kappa shape index (κ1) is 13.1. The van der Waals surface area contributed by atoms with E-state index in [1.807, 2.05) is 18.2 Å². The van der Waals surface area contributed by atoms with Crippen LogP contribution in [0.1, 0.15) is 5.69 Å². The van der Waals surface area contributed by atoms with Crippen LogP contribution in [0.25, 0.3) is 0 Å². The molecule has 5 nitrogen and oxygen atoms in total. The quantitative estimate of drug-likeness (QED) is 0.649. The minimum atomic E-state index is -3.18. The summed E-state index contributed by atoms with van der Waals surface area (Å²) in [5.74, 6) is 0.0771. The Labute approximate surface area is 96.3 Å². The lowest BCUT2D eigenvalue weighted by atomic mass is 10.3. The van der Waals surface area contributed by atoms with Crippen molar-refractivity contribution in [3.8, 4) is 0 Å². The molecule has 0 aliphatic carbocycles. The number of nitrogens with zero attached hydrogens (tertiary/aromatic N) is 1. The van der Waals surface area contributed by atoms with Crippen molar-refractivity contribution < 1.29 is 8.42 Å². The summed E-state index contributed by atoms with van der Waals surface area (Å²) in [5, 5.41) is 2.87. The third-order valence-corrected chi connectivity index (χ3v) is 3.44. The molecule has 0 radical (unpaired) electrons. The standard InChI is InChI=1S/C10H17N3O2S/c1-11-7-8-13-16(14,15)9-5-10-4-2-3-6-12-10/h2-4,6,11,13H,5,7-9H2,1H3. The number of sulfonamides is 1. The van der Waals surface area contributed by atoms with Gasteiger partial charge in [0.05, 0.1) is 5.75 Å². The molecule has 6 heteroatoms. The summed E-state index contributed by atoms with van der Waals surface area (Å²) >= 11 is 0. The first-order valence-electron chi connectivity index (χ1n) is 5.16. The Morgan fingerprint density at radius 1 is 1.31 bits per heavy atom. The van der Waals surface area contributed by atoms with Crippen molar-refractivity contribution in [1.82, 2.24) is 15.0 Å². The van der Waals surface area contributed by atoms with E-state index in [4.69, 9.17) is 0 Å². The van der Waals surface area contributed by atoms with Gasteiger partial charge in [-0.2, -0.15) is 0 Å². The van der Waals surface area contributed by atoms with Crippen molar-refractivity contribution in [1.29, 1.82) is 0 Å². The van der Waals surface area contributed by atoms with Crippen LogP contribution in [0.4, 0.5) is 0 Å². The van der Waals surface area contributed by atoms with Gasteiger partial charge in [0, 0.05) is 31.4 Å². The van der Waals surface area contributed by atoms with Crippen LogP contribution >= 0.6 is 0 Å². The van der Waals surface area contributed by atoms with E-state index in [1.54, 1.807) is 13.2 Å². The minimum Gasteiger partial charge on any atom is -0.318 e. The lowest BCUT2D eigenvalue weighted by Crippen LogP contribution is -2.32. The molecule has 16 heavy (non-hydrogen) atoms. The van der Waals surface area contributed by atoms with E-state index < -0.39 is 10.0 Å². The van der Waals surface area contributed by atoms with Crippen LogP contribution in [0.3, 0.4) is 0 Å². The summed E-state index contributed by atoms with van der Waals surface area (Å²) in [6, 6.07) is 5.48. The second-order valence-electron chi connectivity index (χ2n) is 3.39. The molecule has 0 unspecified atom stereocenters. The van der Waals surface area contributed by atoms with E-state index in [0.717, 1.165) is 5.69 Å². The highest BCUT2D eigenvalue weighted by Gasteiger charge is 2.09. The normalized spacial score (nSPS) is 11.6. The molecule has 1 aromatic rings. The minimum absolute atomic E-state index is 0.0771. The van der Waals surface area contributed by atoms with Crippen molar-refractivity contribution in [2.75, 3.05) is 25.9 Å². The van der Waals surface area contributed by atoms with Crippen LogP contribution in [0.2, 0.25) is 0 Å². The zero-order valence-electron chi connectivity index (χ0n) is 9.31. The summed E-state index contributed by atoms with van der Waals surface area (Å²) in [5.41, 5.74) is 0.793. The largest absolute Gasteiger partial charge is 0.318 e. The third-order valence-electron chi connectivity index (χ3n) is 2.05. The summed E-state index contributed by atoms with van der Waals surface area (Å²) < 4.78 is 25.5. The maximum absolute atomic E-state index is 11.5. The average molecular weight is 243 g/mol. The van der Waals surface area contributed by atoms with Crippen LogP contribution in [-0.2, 0) is 16.4 Å². The molecule has 0 spiro atoms. The van der Waals surface area contributed by atoms with Crippen molar-refractivity contribution in [2.45, 2.75) is 6.42 Å². The van der Waals surface area contributed by atoms with Gasteiger partial charge in [0.25, 0.3) is 0 Å². The van der Waals surface area contributed by atoms with Crippen molar-refractivity contribution in [3.63, 3.8) is 0 Å². The fourth-order valence-electron chi connectivity index (χ4n) is 1.19. The lowest BCUT2D eigenvalue weighted by molar-refractivity contribution is 0.578. The zero-order valence-corrected chi connectivity index (χ0v) is 10.1. The highest BCUT2D eigenvalue weighted by molar-refractivity contribution is 7.89. The molecule has 0 atom stereocenters.